The topological polar surface area (TPSA) is 23.5 Å². The summed E-state index contributed by atoms with van der Waals surface area (Å²) in [4.78, 5) is 2.37. The van der Waals surface area contributed by atoms with Crippen LogP contribution in [0.5, 0.6) is 0 Å². The molecule has 2 rings (SSSR count). The highest BCUT2D eigenvalue weighted by atomic mass is 79.9. The second-order valence-corrected chi connectivity index (χ2v) is 6.50. The van der Waals surface area contributed by atoms with E-state index in [4.69, 9.17) is 0 Å². The molecule has 1 aliphatic rings. The smallest absolute Gasteiger partial charge is 0.0624 e. The van der Waals surface area contributed by atoms with Crippen LogP contribution in [0.3, 0.4) is 0 Å². The van der Waals surface area contributed by atoms with Crippen LogP contribution < -0.4 is 4.90 Å². The molecule has 0 aromatic heterocycles. The Morgan fingerprint density at radius 1 is 1.41 bits per heavy atom. The zero-order valence-corrected chi connectivity index (χ0v) is 12.3. The highest BCUT2D eigenvalue weighted by Crippen LogP contribution is 2.33. The van der Waals surface area contributed by atoms with E-state index in [1.807, 2.05) is 0 Å². The number of halogens is 1. The summed E-state index contributed by atoms with van der Waals surface area (Å²) in [6.45, 7) is 8.23. The van der Waals surface area contributed by atoms with Gasteiger partial charge in [-0.1, -0.05) is 29.8 Å². The molecule has 1 unspecified atom stereocenters. The number of nitrogens with zero attached hydrogens (tertiary/aromatic N) is 1. The Kier molecular flexibility index (Phi) is 3.50. The van der Waals surface area contributed by atoms with Gasteiger partial charge in [-0.15, -0.1) is 0 Å². The van der Waals surface area contributed by atoms with Crippen molar-refractivity contribution in [1.82, 2.24) is 0 Å². The van der Waals surface area contributed by atoms with Gasteiger partial charge in [0.05, 0.1) is 6.10 Å². The van der Waals surface area contributed by atoms with Gasteiger partial charge >= 0.3 is 0 Å². The summed E-state index contributed by atoms with van der Waals surface area (Å²) in [5, 5.41) is 9.97. The number of aryl methyl sites for hydroxylation is 1. The van der Waals surface area contributed by atoms with E-state index in [9.17, 15) is 5.11 Å². The Morgan fingerprint density at radius 3 is 2.71 bits per heavy atom. The van der Waals surface area contributed by atoms with Gasteiger partial charge in [0.2, 0.25) is 0 Å². The highest BCUT2D eigenvalue weighted by molar-refractivity contribution is 9.10. The molecule has 1 aromatic rings. The minimum Gasteiger partial charge on any atom is -0.392 e. The SMILES string of the molecule is Cc1cc(N2CCC(O)C(C)(C)C2)ccc1Br. The second kappa shape index (κ2) is 4.62. The fraction of sp³-hybridized carbons (Fsp3) is 0.571. The third-order valence-corrected chi connectivity index (χ3v) is 4.57. The van der Waals surface area contributed by atoms with Crippen LogP contribution in [0.1, 0.15) is 25.8 Å². The maximum absolute atomic E-state index is 9.97. The van der Waals surface area contributed by atoms with E-state index in [1.54, 1.807) is 0 Å². The van der Waals surface area contributed by atoms with Gasteiger partial charge in [-0.3, -0.25) is 0 Å². The molecule has 0 aliphatic carbocycles. The van der Waals surface area contributed by atoms with Crippen molar-refractivity contribution in [2.24, 2.45) is 5.41 Å². The number of aliphatic hydroxyl groups is 1. The second-order valence-electron chi connectivity index (χ2n) is 5.65. The third kappa shape index (κ3) is 2.66. The van der Waals surface area contributed by atoms with Crippen LogP contribution in [-0.2, 0) is 0 Å². The predicted molar refractivity (Wildman–Crippen MR) is 75.5 cm³/mol. The molecule has 0 bridgehead atoms. The zero-order chi connectivity index (χ0) is 12.6. The molecule has 0 radical (unpaired) electrons. The van der Waals surface area contributed by atoms with Gasteiger partial charge in [-0.25, -0.2) is 0 Å². The lowest BCUT2D eigenvalue weighted by molar-refractivity contribution is 0.0336. The first kappa shape index (κ1) is 12.9. The van der Waals surface area contributed by atoms with Gasteiger partial charge in [0.25, 0.3) is 0 Å². The molecule has 0 amide bonds. The highest BCUT2D eigenvalue weighted by Gasteiger charge is 2.34. The van der Waals surface area contributed by atoms with Crippen molar-refractivity contribution in [3.05, 3.63) is 28.2 Å². The fourth-order valence-electron chi connectivity index (χ4n) is 2.39. The van der Waals surface area contributed by atoms with E-state index in [-0.39, 0.29) is 11.5 Å². The van der Waals surface area contributed by atoms with Gasteiger partial charge in [0.15, 0.2) is 0 Å². The Bertz CT molecular complexity index is 417. The number of benzene rings is 1. The van der Waals surface area contributed by atoms with Crippen molar-refractivity contribution in [2.75, 3.05) is 18.0 Å². The summed E-state index contributed by atoms with van der Waals surface area (Å²) in [6, 6.07) is 6.45. The lowest BCUT2D eigenvalue weighted by atomic mass is 9.81. The number of anilines is 1. The first-order valence-electron chi connectivity index (χ1n) is 6.09. The van der Waals surface area contributed by atoms with E-state index < -0.39 is 0 Å². The summed E-state index contributed by atoms with van der Waals surface area (Å²) in [6.07, 6.45) is 0.664. The molecule has 3 heteroatoms. The number of hydrogen-bond acceptors (Lipinski definition) is 2. The van der Waals surface area contributed by atoms with Gasteiger partial charge in [-0.05, 0) is 37.1 Å². The normalized spacial score (nSPS) is 23.8. The average Bonchev–Trinajstić information content (AvgIpc) is 2.26. The van der Waals surface area contributed by atoms with Gasteiger partial charge in [-0.2, -0.15) is 0 Å². The first-order chi connectivity index (χ1) is 7.90. The molecule has 1 fully saturated rings. The summed E-state index contributed by atoms with van der Waals surface area (Å²) < 4.78 is 1.15. The van der Waals surface area contributed by atoms with E-state index in [0.29, 0.717) is 0 Å². The third-order valence-electron chi connectivity index (χ3n) is 3.68. The number of aliphatic hydroxyl groups excluding tert-OH is 1. The number of hydrogen-bond donors (Lipinski definition) is 1. The molecule has 1 aliphatic heterocycles. The summed E-state index contributed by atoms with van der Waals surface area (Å²) >= 11 is 3.53. The van der Waals surface area contributed by atoms with E-state index in [1.165, 1.54) is 11.3 Å². The maximum Gasteiger partial charge on any atom is 0.0624 e. The summed E-state index contributed by atoms with van der Waals surface area (Å²) in [5.74, 6) is 0. The Morgan fingerprint density at radius 2 is 2.12 bits per heavy atom. The fourth-order valence-corrected chi connectivity index (χ4v) is 2.64. The minimum atomic E-state index is -0.185. The zero-order valence-electron chi connectivity index (χ0n) is 10.7. The van der Waals surface area contributed by atoms with Crippen molar-refractivity contribution < 1.29 is 5.11 Å². The molecule has 1 heterocycles. The quantitative estimate of drug-likeness (QED) is 0.859. The van der Waals surface area contributed by atoms with Crippen LogP contribution in [0, 0.1) is 12.3 Å². The standard InChI is InChI=1S/C14H20BrNO/c1-10-8-11(4-5-12(10)15)16-7-6-13(17)14(2,3)9-16/h4-5,8,13,17H,6-7,9H2,1-3H3. The lowest BCUT2D eigenvalue weighted by Gasteiger charge is -2.43. The van der Waals surface area contributed by atoms with E-state index >= 15 is 0 Å². The Labute approximate surface area is 112 Å². The maximum atomic E-state index is 9.97. The van der Waals surface area contributed by atoms with E-state index in [2.05, 4.69) is 59.8 Å². The van der Waals surface area contributed by atoms with Crippen LogP contribution in [0.15, 0.2) is 22.7 Å². The van der Waals surface area contributed by atoms with Crippen molar-refractivity contribution in [3.63, 3.8) is 0 Å². The molecule has 17 heavy (non-hydrogen) atoms. The molecule has 0 saturated carbocycles. The number of piperidine rings is 1. The van der Waals surface area contributed by atoms with Crippen molar-refractivity contribution in [2.45, 2.75) is 33.3 Å². The molecular weight excluding hydrogens is 278 g/mol. The molecule has 0 spiro atoms. The summed E-state index contributed by atoms with van der Waals surface area (Å²) in [7, 11) is 0. The molecule has 1 aromatic carbocycles. The average molecular weight is 298 g/mol. The lowest BCUT2D eigenvalue weighted by Crippen LogP contribution is -2.48. The van der Waals surface area contributed by atoms with E-state index in [0.717, 1.165) is 24.0 Å². The van der Waals surface area contributed by atoms with Crippen LogP contribution in [0.25, 0.3) is 0 Å². The number of rotatable bonds is 1. The van der Waals surface area contributed by atoms with Crippen LogP contribution in [0.2, 0.25) is 0 Å². The monoisotopic (exact) mass is 297 g/mol. The molecule has 94 valence electrons. The van der Waals surface area contributed by atoms with Gasteiger partial charge in [0, 0.05) is 28.7 Å². The largest absolute Gasteiger partial charge is 0.392 e. The molecule has 1 saturated heterocycles. The van der Waals surface area contributed by atoms with Gasteiger partial charge in [0.1, 0.15) is 0 Å². The molecular formula is C14H20BrNO. The van der Waals surface area contributed by atoms with Crippen LogP contribution in [-0.4, -0.2) is 24.3 Å². The molecule has 1 atom stereocenters. The molecule has 2 nitrogen and oxygen atoms in total. The van der Waals surface area contributed by atoms with Crippen LogP contribution >= 0.6 is 15.9 Å². The van der Waals surface area contributed by atoms with Crippen LogP contribution in [0.4, 0.5) is 5.69 Å². The first-order valence-corrected chi connectivity index (χ1v) is 6.88. The minimum absolute atomic E-state index is 0.0285. The predicted octanol–water partition coefficient (Wildman–Crippen LogP) is 3.35. The Hall–Kier alpha value is -0.540. The van der Waals surface area contributed by atoms with Crippen molar-refractivity contribution in [1.29, 1.82) is 0 Å². The van der Waals surface area contributed by atoms with Crippen molar-refractivity contribution >= 4 is 21.6 Å². The van der Waals surface area contributed by atoms with Crippen molar-refractivity contribution in [3.8, 4) is 0 Å². The summed E-state index contributed by atoms with van der Waals surface area (Å²) in [5.41, 5.74) is 2.48. The molecule has 1 N–H and O–H groups in total. The Balaban J connectivity index is 2.21. The van der Waals surface area contributed by atoms with Gasteiger partial charge < -0.3 is 10.0 Å².